The highest BCUT2D eigenvalue weighted by Crippen LogP contribution is 2.17. The zero-order valence-electron chi connectivity index (χ0n) is 14.6. The first kappa shape index (κ1) is 17.9. The van der Waals surface area contributed by atoms with E-state index in [1.54, 1.807) is 17.0 Å². The lowest BCUT2D eigenvalue weighted by Gasteiger charge is -2.34. The number of hydrogen-bond donors (Lipinski definition) is 1. The number of amides is 2. The highest BCUT2D eigenvalue weighted by atomic mass is 19.2. The van der Waals surface area contributed by atoms with E-state index in [1.807, 2.05) is 0 Å². The molecule has 1 N–H and O–H groups in total. The maximum atomic E-state index is 13.3. The molecule has 3 aromatic rings. The third-order valence-corrected chi connectivity index (χ3v) is 4.69. The first-order valence-corrected chi connectivity index (χ1v) is 8.59. The van der Waals surface area contributed by atoms with E-state index < -0.39 is 23.3 Å². The normalized spacial score (nSPS) is 14.5. The number of aromatic amines is 1. The average molecular weight is 387 g/mol. The van der Waals surface area contributed by atoms with Gasteiger partial charge in [-0.1, -0.05) is 0 Å². The van der Waals surface area contributed by atoms with Crippen LogP contribution in [0.25, 0.3) is 11.1 Å². The molecule has 0 bridgehead atoms. The van der Waals surface area contributed by atoms with Crippen molar-refractivity contribution in [3.63, 3.8) is 0 Å². The number of nitrogens with one attached hydrogen (secondary N) is 1. The van der Waals surface area contributed by atoms with Crippen molar-refractivity contribution in [1.82, 2.24) is 14.8 Å². The first-order valence-electron chi connectivity index (χ1n) is 8.59. The van der Waals surface area contributed by atoms with Gasteiger partial charge in [-0.05, 0) is 36.4 Å². The highest BCUT2D eigenvalue weighted by molar-refractivity contribution is 5.97. The Balaban J connectivity index is 1.43. The van der Waals surface area contributed by atoms with E-state index in [2.05, 4.69) is 4.98 Å². The number of carbonyl (C=O) groups excluding carboxylic acids is 2. The number of fused-ring (bicyclic) bond motifs is 1. The van der Waals surface area contributed by atoms with Crippen LogP contribution in [0.5, 0.6) is 0 Å². The van der Waals surface area contributed by atoms with Crippen molar-refractivity contribution in [3.8, 4) is 0 Å². The fourth-order valence-electron chi connectivity index (χ4n) is 3.19. The minimum atomic E-state index is -1.08. The summed E-state index contributed by atoms with van der Waals surface area (Å²) in [7, 11) is 0. The molecule has 9 heteroatoms. The molecule has 1 saturated heterocycles. The minimum absolute atomic E-state index is 0.0617. The van der Waals surface area contributed by atoms with Gasteiger partial charge in [-0.25, -0.2) is 13.6 Å². The third-order valence-electron chi connectivity index (χ3n) is 4.69. The molecule has 2 aromatic carbocycles. The Kier molecular flexibility index (Phi) is 4.42. The molecule has 1 aromatic heterocycles. The lowest BCUT2D eigenvalue weighted by Crippen LogP contribution is -2.50. The Morgan fingerprint density at radius 2 is 1.43 bits per heavy atom. The first-order chi connectivity index (χ1) is 13.4. The van der Waals surface area contributed by atoms with Crippen molar-refractivity contribution >= 4 is 22.9 Å². The molecule has 7 nitrogen and oxygen atoms in total. The summed E-state index contributed by atoms with van der Waals surface area (Å²) in [5.74, 6) is -3.34. The summed E-state index contributed by atoms with van der Waals surface area (Å²) < 4.78 is 31.4. The largest absolute Gasteiger partial charge is 0.417 e. The van der Waals surface area contributed by atoms with Gasteiger partial charge < -0.3 is 14.2 Å². The van der Waals surface area contributed by atoms with E-state index in [0.717, 1.165) is 12.1 Å². The number of carbonyl (C=O) groups is 2. The van der Waals surface area contributed by atoms with Gasteiger partial charge in [0.2, 0.25) is 0 Å². The second kappa shape index (κ2) is 6.91. The van der Waals surface area contributed by atoms with Gasteiger partial charge in [-0.3, -0.25) is 14.6 Å². The van der Waals surface area contributed by atoms with Gasteiger partial charge >= 0.3 is 5.76 Å². The lowest BCUT2D eigenvalue weighted by atomic mass is 10.1. The van der Waals surface area contributed by atoms with Crippen molar-refractivity contribution in [2.75, 3.05) is 26.2 Å². The van der Waals surface area contributed by atoms with Crippen LogP contribution >= 0.6 is 0 Å². The predicted octanol–water partition coefficient (Wildman–Crippen LogP) is 2.00. The van der Waals surface area contributed by atoms with Crippen molar-refractivity contribution in [1.29, 1.82) is 0 Å². The third kappa shape index (κ3) is 3.26. The number of hydrogen-bond acceptors (Lipinski definition) is 4. The van der Waals surface area contributed by atoms with E-state index in [-0.39, 0.29) is 24.6 Å². The minimum Gasteiger partial charge on any atom is -0.408 e. The van der Waals surface area contributed by atoms with Gasteiger partial charge in [0.25, 0.3) is 11.8 Å². The molecule has 1 fully saturated rings. The van der Waals surface area contributed by atoms with Gasteiger partial charge in [0.1, 0.15) is 0 Å². The molecule has 0 radical (unpaired) electrons. The molecule has 0 saturated carbocycles. The van der Waals surface area contributed by atoms with E-state index in [0.29, 0.717) is 29.8 Å². The van der Waals surface area contributed by atoms with E-state index >= 15 is 0 Å². The molecule has 4 rings (SSSR count). The molecule has 2 heterocycles. The second-order valence-corrected chi connectivity index (χ2v) is 6.44. The second-order valence-electron chi connectivity index (χ2n) is 6.44. The quantitative estimate of drug-likeness (QED) is 0.729. The molecule has 1 aliphatic rings. The smallest absolute Gasteiger partial charge is 0.408 e. The molecular formula is C19H15F2N3O4. The van der Waals surface area contributed by atoms with E-state index in [9.17, 15) is 23.2 Å². The van der Waals surface area contributed by atoms with Crippen molar-refractivity contribution in [2.45, 2.75) is 0 Å². The fourth-order valence-corrected chi connectivity index (χ4v) is 3.19. The van der Waals surface area contributed by atoms with Crippen LogP contribution in [0.1, 0.15) is 20.7 Å². The Morgan fingerprint density at radius 3 is 2.04 bits per heavy atom. The topological polar surface area (TPSA) is 86.6 Å². The van der Waals surface area contributed by atoms with Crippen molar-refractivity contribution < 1.29 is 22.8 Å². The number of nitrogens with zero attached hydrogens (tertiary/aromatic N) is 2. The summed E-state index contributed by atoms with van der Waals surface area (Å²) in [5, 5.41) is 0. The van der Waals surface area contributed by atoms with Crippen LogP contribution in [-0.4, -0.2) is 52.8 Å². The van der Waals surface area contributed by atoms with Gasteiger partial charge in [0, 0.05) is 37.3 Å². The van der Waals surface area contributed by atoms with Crippen LogP contribution in [0, 0.1) is 11.6 Å². The fraction of sp³-hybridized carbons (Fsp3) is 0.211. The summed E-state index contributed by atoms with van der Waals surface area (Å²) in [5.41, 5.74) is 1.23. The number of oxazole rings is 1. The lowest BCUT2D eigenvalue weighted by molar-refractivity contribution is 0.0535. The summed E-state index contributed by atoms with van der Waals surface area (Å²) in [4.78, 5) is 41.9. The van der Waals surface area contributed by atoms with Crippen LogP contribution in [0.2, 0.25) is 0 Å². The predicted molar refractivity (Wildman–Crippen MR) is 95.0 cm³/mol. The molecule has 2 amide bonds. The molecular weight excluding hydrogens is 372 g/mol. The SMILES string of the molecule is O=C(c1ccc(F)c(F)c1)N1CCN(C(=O)c2ccc3[nH]c(=O)oc3c2)CC1. The van der Waals surface area contributed by atoms with E-state index in [4.69, 9.17) is 4.42 Å². The number of benzene rings is 2. The standard InChI is InChI=1S/C19H15F2N3O4/c20-13-3-1-11(9-14(13)21)17(25)23-5-7-24(8-6-23)18(26)12-2-4-15-16(10-12)28-19(27)22-15/h1-4,9-10H,5-8H2,(H,22,27). The summed E-state index contributed by atoms with van der Waals surface area (Å²) >= 11 is 0. The Labute approximate surface area is 157 Å². The zero-order valence-corrected chi connectivity index (χ0v) is 14.6. The zero-order chi connectivity index (χ0) is 19.8. The number of rotatable bonds is 2. The monoisotopic (exact) mass is 387 g/mol. The molecule has 0 atom stereocenters. The Bertz CT molecular complexity index is 1130. The van der Waals surface area contributed by atoms with Crippen LogP contribution in [0.15, 0.2) is 45.6 Å². The number of H-pyrrole nitrogens is 1. The summed E-state index contributed by atoms with van der Waals surface area (Å²) in [6.07, 6.45) is 0. The van der Waals surface area contributed by atoms with E-state index in [1.165, 1.54) is 17.0 Å². The van der Waals surface area contributed by atoms with Crippen LogP contribution in [-0.2, 0) is 0 Å². The van der Waals surface area contributed by atoms with Crippen LogP contribution in [0.4, 0.5) is 8.78 Å². The maximum absolute atomic E-state index is 13.3. The van der Waals surface area contributed by atoms with Crippen LogP contribution in [0.3, 0.4) is 0 Å². The van der Waals surface area contributed by atoms with Crippen molar-refractivity contribution in [2.24, 2.45) is 0 Å². The molecule has 0 spiro atoms. The molecule has 0 aliphatic carbocycles. The van der Waals surface area contributed by atoms with Gasteiger partial charge in [0.05, 0.1) is 5.52 Å². The number of piperazine rings is 1. The van der Waals surface area contributed by atoms with Gasteiger partial charge in [-0.2, -0.15) is 0 Å². The van der Waals surface area contributed by atoms with Crippen molar-refractivity contribution in [3.05, 3.63) is 69.7 Å². The van der Waals surface area contributed by atoms with Gasteiger partial charge in [-0.15, -0.1) is 0 Å². The summed E-state index contributed by atoms with van der Waals surface area (Å²) in [6.45, 7) is 1.13. The van der Waals surface area contributed by atoms with Gasteiger partial charge in [0.15, 0.2) is 17.2 Å². The van der Waals surface area contributed by atoms with Crippen LogP contribution < -0.4 is 5.76 Å². The molecule has 1 aliphatic heterocycles. The Morgan fingerprint density at radius 1 is 0.857 bits per heavy atom. The number of aromatic nitrogens is 1. The molecule has 28 heavy (non-hydrogen) atoms. The average Bonchev–Trinajstić information content (AvgIpc) is 3.08. The maximum Gasteiger partial charge on any atom is 0.417 e. The number of halogens is 2. The molecule has 0 unspecified atom stereocenters. The molecule has 144 valence electrons. The highest BCUT2D eigenvalue weighted by Gasteiger charge is 2.26. The summed E-state index contributed by atoms with van der Waals surface area (Å²) in [6, 6.07) is 7.70. The Hall–Kier alpha value is -3.49.